The van der Waals surface area contributed by atoms with Crippen molar-refractivity contribution in [3.63, 3.8) is 0 Å². The molecule has 0 bridgehead atoms. The molecule has 0 saturated carbocycles. The zero-order chi connectivity index (χ0) is 13.9. The lowest BCUT2D eigenvalue weighted by Gasteiger charge is -2.28. The molecule has 20 heavy (non-hydrogen) atoms. The number of hydrogen-bond acceptors (Lipinski definition) is 4. The zero-order valence-corrected chi connectivity index (χ0v) is 11.4. The van der Waals surface area contributed by atoms with Crippen LogP contribution in [0.2, 0.25) is 0 Å². The summed E-state index contributed by atoms with van der Waals surface area (Å²) in [4.78, 5) is 11.2. The van der Waals surface area contributed by atoms with Gasteiger partial charge in [-0.3, -0.25) is 0 Å². The van der Waals surface area contributed by atoms with E-state index in [0.29, 0.717) is 0 Å². The topological polar surface area (TPSA) is 41.1 Å². The number of benzene rings is 1. The van der Waals surface area contributed by atoms with Crippen molar-refractivity contribution in [1.82, 2.24) is 15.3 Å². The van der Waals surface area contributed by atoms with Crippen LogP contribution in [0.4, 0.5) is 10.2 Å². The Morgan fingerprint density at radius 1 is 1.10 bits per heavy atom. The molecule has 1 aromatic carbocycles. The monoisotopic (exact) mass is 272 g/mol. The van der Waals surface area contributed by atoms with Crippen molar-refractivity contribution in [2.24, 2.45) is 0 Å². The number of nitrogens with zero attached hydrogens (tertiary/aromatic N) is 3. The van der Waals surface area contributed by atoms with Crippen molar-refractivity contribution in [2.75, 3.05) is 31.1 Å². The summed E-state index contributed by atoms with van der Waals surface area (Å²) in [7, 11) is 0. The van der Waals surface area contributed by atoms with Crippen LogP contribution >= 0.6 is 0 Å². The third-order valence-electron chi connectivity index (χ3n) is 3.41. The Kier molecular flexibility index (Phi) is 3.60. The second-order valence-electron chi connectivity index (χ2n) is 4.90. The van der Waals surface area contributed by atoms with Gasteiger partial charge in [-0.05, 0) is 31.2 Å². The minimum atomic E-state index is -0.234. The van der Waals surface area contributed by atoms with Crippen molar-refractivity contribution in [3.05, 3.63) is 42.0 Å². The van der Waals surface area contributed by atoms with Crippen LogP contribution in [0.25, 0.3) is 11.3 Å². The maximum atomic E-state index is 13.0. The lowest BCUT2D eigenvalue weighted by Crippen LogP contribution is -2.44. The van der Waals surface area contributed by atoms with Crippen LogP contribution in [0.1, 0.15) is 5.82 Å². The van der Waals surface area contributed by atoms with E-state index in [2.05, 4.69) is 20.2 Å². The average molecular weight is 272 g/mol. The molecule has 5 heteroatoms. The van der Waals surface area contributed by atoms with Gasteiger partial charge in [0, 0.05) is 37.8 Å². The molecular weight excluding hydrogens is 255 g/mol. The highest BCUT2D eigenvalue weighted by Gasteiger charge is 2.14. The highest BCUT2D eigenvalue weighted by atomic mass is 19.1. The number of aromatic nitrogens is 2. The van der Waals surface area contributed by atoms with Gasteiger partial charge >= 0.3 is 0 Å². The first-order chi connectivity index (χ1) is 9.72. The van der Waals surface area contributed by atoms with Crippen LogP contribution in [0.5, 0.6) is 0 Å². The van der Waals surface area contributed by atoms with Gasteiger partial charge in [-0.15, -0.1) is 0 Å². The SMILES string of the molecule is Cc1nc(-c2ccc(F)cc2)cc(N2CCNCC2)n1. The van der Waals surface area contributed by atoms with Crippen molar-refractivity contribution in [2.45, 2.75) is 6.92 Å². The van der Waals surface area contributed by atoms with Crippen molar-refractivity contribution < 1.29 is 4.39 Å². The van der Waals surface area contributed by atoms with Gasteiger partial charge < -0.3 is 10.2 Å². The van der Waals surface area contributed by atoms with E-state index in [1.807, 2.05) is 13.0 Å². The molecule has 1 fully saturated rings. The second-order valence-corrected chi connectivity index (χ2v) is 4.90. The van der Waals surface area contributed by atoms with Gasteiger partial charge in [-0.25, -0.2) is 14.4 Å². The molecule has 3 rings (SSSR count). The molecule has 0 unspecified atom stereocenters. The standard InChI is InChI=1S/C15H17FN4/c1-11-18-14(12-2-4-13(16)5-3-12)10-15(19-11)20-8-6-17-7-9-20/h2-5,10,17H,6-9H2,1H3. The maximum Gasteiger partial charge on any atom is 0.132 e. The van der Waals surface area contributed by atoms with E-state index in [1.54, 1.807) is 12.1 Å². The smallest absolute Gasteiger partial charge is 0.132 e. The Morgan fingerprint density at radius 2 is 1.80 bits per heavy atom. The third-order valence-corrected chi connectivity index (χ3v) is 3.41. The molecule has 0 atom stereocenters. The van der Waals surface area contributed by atoms with E-state index in [1.165, 1.54) is 12.1 Å². The number of nitrogens with one attached hydrogen (secondary N) is 1. The van der Waals surface area contributed by atoms with E-state index >= 15 is 0 Å². The predicted octanol–water partition coefficient (Wildman–Crippen LogP) is 2.00. The van der Waals surface area contributed by atoms with E-state index in [4.69, 9.17) is 0 Å². The highest BCUT2D eigenvalue weighted by Crippen LogP contribution is 2.22. The summed E-state index contributed by atoms with van der Waals surface area (Å²) in [5.41, 5.74) is 1.75. The van der Waals surface area contributed by atoms with Crippen LogP contribution in [0, 0.1) is 12.7 Å². The van der Waals surface area contributed by atoms with Crippen molar-refractivity contribution >= 4 is 5.82 Å². The molecule has 1 aromatic heterocycles. The molecule has 104 valence electrons. The second kappa shape index (κ2) is 5.54. The quantitative estimate of drug-likeness (QED) is 0.908. The summed E-state index contributed by atoms with van der Waals surface area (Å²) in [5.74, 6) is 1.44. The molecule has 2 aromatic rings. The van der Waals surface area contributed by atoms with Gasteiger partial charge in [0.25, 0.3) is 0 Å². The Labute approximate surface area is 117 Å². The first-order valence-electron chi connectivity index (χ1n) is 6.80. The molecule has 1 saturated heterocycles. The van der Waals surface area contributed by atoms with Crippen LogP contribution in [0.15, 0.2) is 30.3 Å². The normalized spacial score (nSPS) is 15.4. The molecule has 1 N–H and O–H groups in total. The minimum Gasteiger partial charge on any atom is -0.354 e. The van der Waals surface area contributed by atoms with Crippen LogP contribution in [-0.2, 0) is 0 Å². The number of anilines is 1. The lowest BCUT2D eigenvalue weighted by molar-refractivity contribution is 0.584. The van der Waals surface area contributed by atoms with Crippen LogP contribution in [0.3, 0.4) is 0 Å². The van der Waals surface area contributed by atoms with E-state index in [-0.39, 0.29) is 5.82 Å². The lowest BCUT2D eigenvalue weighted by atomic mass is 10.1. The molecule has 0 aliphatic carbocycles. The number of piperazine rings is 1. The summed E-state index contributed by atoms with van der Waals surface area (Å²) in [6.45, 7) is 5.71. The number of hydrogen-bond donors (Lipinski definition) is 1. The average Bonchev–Trinajstić information content (AvgIpc) is 2.48. The van der Waals surface area contributed by atoms with Gasteiger partial charge in [0.15, 0.2) is 0 Å². The number of rotatable bonds is 2. The van der Waals surface area contributed by atoms with E-state index in [0.717, 1.165) is 49.1 Å². The number of aryl methyl sites for hydroxylation is 1. The third kappa shape index (κ3) is 2.77. The Morgan fingerprint density at radius 3 is 2.50 bits per heavy atom. The fourth-order valence-corrected chi connectivity index (χ4v) is 2.38. The molecule has 0 spiro atoms. The molecule has 2 heterocycles. The zero-order valence-electron chi connectivity index (χ0n) is 11.4. The summed E-state index contributed by atoms with van der Waals surface area (Å²) < 4.78 is 13.0. The molecule has 0 radical (unpaired) electrons. The molecule has 4 nitrogen and oxygen atoms in total. The fourth-order valence-electron chi connectivity index (χ4n) is 2.38. The van der Waals surface area contributed by atoms with E-state index in [9.17, 15) is 4.39 Å². The summed E-state index contributed by atoms with van der Waals surface area (Å²) in [6.07, 6.45) is 0. The number of halogens is 1. The molecule has 1 aliphatic heterocycles. The van der Waals surface area contributed by atoms with Gasteiger partial charge in [0.1, 0.15) is 17.5 Å². The first kappa shape index (κ1) is 13.0. The largest absolute Gasteiger partial charge is 0.354 e. The van der Waals surface area contributed by atoms with Gasteiger partial charge in [0.05, 0.1) is 5.69 Å². The van der Waals surface area contributed by atoms with Gasteiger partial charge in [-0.2, -0.15) is 0 Å². The Hall–Kier alpha value is -2.01. The first-order valence-corrected chi connectivity index (χ1v) is 6.80. The predicted molar refractivity (Wildman–Crippen MR) is 77.2 cm³/mol. The van der Waals surface area contributed by atoms with Gasteiger partial charge in [-0.1, -0.05) is 0 Å². The summed E-state index contributed by atoms with van der Waals surface area (Å²) >= 11 is 0. The summed E-state index contributed by atoms with van der Waals surface area (Å²) in [6, 6.07) is 8.39. The molecule has 1 aliphatic rings. The van der Waals surface area contributed by atoms with Crippen LogP contribution < -0.4 is 10.2 Å². The Bertz CT molecular complexity index is 591. The summed E-state index contributed by atoms with van der Waals surface area (Å²) in [5, 5.41) is 3.32. The molecular formula is C15H17FN4. The maximum absolute atomic E-state index is 13.0. The van der Waals surface area contributed by atoms with E-state index < -0.39 is 0 Å². The van der Waals surface area contributed by atoms with Crippen molar-refractivity contribution in [1.29, 1.82) is 0 Å². The van der Waals surface area contributed by atoms with Crippen molar-refractivity contribution in [3.8, 4) is 11.3 Å². The van der Waals surface area contributed by atoms with Gasteiger partial charge in [0.2, 0.25) is 0 Å². The molecule has 0 amide bonds. The highest BCUT2D eigenvalue weighted by molar-refractivity contribution is 5.63. The fraction of sp³-hybridized carbons (Fsp3) is 0.333. The van der Waals surface area contributed by atoms with Crippen LogP contribution in [-0.4, -0.2) is 36.1 Å². The minimum absolute atomic E-state index is 0.234. The Balaban J connectivity index is 1.95.